The summed E-state index contributed by atoms with van der Waals surface area (Å²) in [6.07, 6.45) is 7.41. The number of carbonyl (C=O) groups excluding carboxylic acids is 1. The number of hydrogen-bond acceptors (Lipinski definition) is 3. The molecule has 3 nitrogen and oxygen atoms in total. The second-order valence-corrected chi connectivity index (χ2v) is 3.96. The van der Waals surface area contributed by atoms with E-state index < -0.39 is 12.1 Å². The first-order valence-electron chi connectivity index (χ1n) is 6.03. The van der Waals surface area contributed by atoms with E-state index in [-0.39, 0.29) is 0 Å². The third-order valence-electron chi connectivity index (χ3n) is 2.33. The summed E-state index contributed by atoms with van der Waals surface area (Å²) in [5, 5.41) is 8.85. The topological polar surface area (TPSA) is 46.5 Å². The van der Waals surface area contributed by atoms with Crippen LogP contribution in [0.2, 0.25) is 0 Å². The second kappa shape index (κ2) is 9.97. The molecule has 0 aromatic carbocycles. The maximum absolute atomic E-state index is 10.8. The van der Waals surface area contributed by atoms with E-state index in [1.54, 1.807) is 0 Å². The van der Waals surface area contributed by atoms with Crippen molar-refractivity contribution in [3.63, 3.8) is 0 Å². The molecule has 0 aromatic rings. The highest BCUT2D eigenvalue weighted by molar-refractivity contribution is 5.73. The van der Waals surface area contributed by atoms with Crippen LogP contribution in [-0.2, 0) is 9.53 Å². The summed E-state index contributed by atoms with van der Waals surface area (Å²) in [7, 11) is 0. The van der Waals surface area contributed by atoms with Crippen LogP contribution in [0.4, 0.5) is 0 Å². The minimum atomic E-state index is -0.991. The normalized spacial score (nSPS) is 12.5. The van der Waals surface area contributed by atoms with Crippen molar-refractivity contribution in [2.45, 2.75) is 64.9 Å². The van der Waals surface area contributed by atoms with Gasteiger partial charge >= 0.3 is 5.97 Å². The van der Waals surface area contributed by atoms with Crippen molar-refractivity contribution in [2.75, 3.05) is 6.61 Å². The van der Waals surface area contributed by atoms with Crippen molar-refractivity contribution in [1.29, 1.82) is 0 Å². The van der Waals surface area contributed by atoms with E-state index in [0.717, 1.165) is 12.8 Å². The summed E-state index contributed by atoms with van der Waals surface area (Å²) < 4.78 is 4.84. The number of carbonyl (C=O) groups is 1. The minimum absolute atomic E-state index is 0.442. The quantitative estimate of drug-likeness (QED) is 0.476. The van der Waals surface area contributed by atoms with Crippen LogP contribution in [0.3, 0.4) is 0 Å². The molecule has 0 bridgehead atoms. The number of aliphatic hydroxyl groups excluding tert-OH is 1. The molecule has 0 saturated carbocycles. The van der Waals surface area contributed by atoms with Crippen LogP contribution in [-0.4, -0.2) is 23.8 Å². The van der Waals surface area contributed by atoms with Crippen LogP contribution >= 0.6 is 0 Å². The fourth-order valence-corrected chi connectivity index (χ4v) is 1.35. The van der Waals surface area contributed by atoms with Crippen LogP contribution in [0, 0.1) is 0 Å². The van der Waals surface area contributed by atoms with E-state index >= 15 is 0 Å². The molecule has 0 rings (SSSR count). The molecular weight excluding hydrogens is 192 g/mol. The smallest absolute Gasteiger partial charge is 0.334 e. The Morgan fingerprint density at radius 2 is 1.67 bits per heavy atom. The lowest BCUT2D eigenvalue weighted by Crippen LogP contribution is -2.19. The zero-order valence-electron chi connectivity index (χ0n) is 10.00. The summed E-state index contributed by atoms with van der Waals surface area (Å²) in [4.78, 5) is 10.8. The van der Waals surface area contributed by atoms with E-state index in [1.807, 2.05) is 0 Å². The summed E-state index contributed by atoms with van der Waals surface area (Å²) in [5.41, 5.74) is 0. The Morgan fingerprint density at radius 3 is 2.20 bits per heavy atom. The van der Waals surface area contributed by atoms with Crippen LogP contribution in [0.25, 0.3) is 0 Å². The first-order chi connectivity index (χ1) is 7.18. The van der Waals surface area contributed by atoms with Gasteiger partial charge in [-0.05, 0) is 13.3 Å². The molecule has 0 aliphatic heterocycles. The number of aliphatic hydroxyl groups is 1. The molecule has 0 spiro atoms. The fraction of sp³-hybridized carbons (Fsp3) is 0.917. The molecule has 0 aromatic heterocycles. The molecule has 0 unspecified atom stereocenters. The molecule has 1 N–H and O–H groups in total. The van der Waals surface area contributed by atoms with E-state index in [1.165, 1.54) is 39.0 Å². The maximum atomic E-state index is 10.8. The lowest BCUT2D eigenvalue weighted by Gasteiger charge is -2.06. The van der Waals surface area contributed by atoms with Crippen molar-refractivity contribution < 1.29 is 14.6 Å². The molecule has 1 atom stereocenters. The molecule has 90 valence electrons. The number of esters is 1. The molecule has 0 fully saturated rings. The Balaban J connectivity index is 3.08. The molecule has 0 aliphatic carbocycles. The largest absolute Gasteiger partial charge is 0.464 e. The Morgan fingerprint density at radius 1 is 1.13 bits per heavy atom. The third kappa shape index (κ3) is 9.73. The molecule has 0 heterocycles. The van der Waals surface area contributed by atoms with Gasteiger partial charge in [-0.3, -0.25) is 0 Å². The van der Waals surface area contributed by atoms with Gasteiger partial charge in [0.2, 0.25) is 0 Å². The predicted molar refractivity (Wildman–Crippen MR) is 60.6 cm³/mol. The molecule has 0 saturated heterocycles. The van der Waals surface area contributed by atoms with E-state index in [0.29, 0.717) is 6.61 Å². The van der Waals surface area contributed by atoms with Gasteiger partial charge in [-0.25, -0.2) is 4.79 Å². The first kappa shape index (κ1) is 14.4. The van der Waals surface area contributed by atoms with E-state index in [9.17, 15) is 4.79 Å². The molecule has 0 aliphatic rings. The standard InChI is InChI=1S/C12H24O3/c1-3-4-5-6-7-8-9-10-15-12(14)11(2)13/h11,13H,3-10H2,1-2H3/t11-/m1/s1. The van der Waals surface area contributed by atoms with Crippen molar-refractivity contribution in [1.82, 2.24) is 0 Å². The summed E-state index contributed by atoms with van der Waals surface area (Å²) in [6.45, 7) is 4.07. The molecular formula is C12H24O3. The molecule has 15 heavy (non-hydrogen) atoms. The van der Waals surface area contributed by atoms with Crippen molar-refractivity contribution in [3.05, 3.63) is 0 Å². The van der Waals surface area contributed by atoms with Crippen molar-refractivity contribution in [3.8, 4) is 0 Å². The van der Waals surface area contributed by atoms with Crippen molar-refractivity contribution in [2.24, 2.45) is 0 Å². The zero-order valence-corrected chi connectivity index (χ0v) is 10.00. The zero-order chi connectivity index (χ0) is 11.5. The maximum Gasteiger partial charge on any atom is 0.334 e. The Labute approximate surface area is 92.8 Å². The van der Waals surface area contributed by atoms with Gasteiger partial charge in [0.05, 0.1) is 6.61 Å². The number of rotatable bonds is 9. The van der Waals surface area contributed by atoms with Crippen LogP contribution in [0.1, 0.15) is 58.8 Å². The fourth-order valence-electron chi connectivity index (χ4n) is 1.35. The molecule has 0 amide bonds. The molecule has 3 heteroatoms. The van der Waals surface area contributed by atoms with E-state index in [2.05, 4.69) is 6.92 Å². The average Bonchev–Trinajstić information content (AvgIpc) is 2.21. The highest BCUT2D eigenvalue weighted by atomic mass is 16.5. The van der Waals surface area contributed by atoms with Gasteiger partial charge < -0.3 is 9.84 Å². The average molecular weight is 216 g/mol. The van der Waals surface area contributed by atoms with Crippen LogP contribution in [0.15, 0.2) is 0 Å². The number of unbranched alkanes of at least 4 members (excludes halogenated alkanes) is 6. The van der Waals surface area contributed by atoms with Gasteiger partial charge in [0, 0.05) is 0 Å². The van der Waals surface area contributed by atoms with Gasteiger partial charge in [0.15, 0.2) is 0 Å². The lowest BCUT2D eigenvalue weighted by molar-refractivity contribution is -0.152. The van der Waals surface area contributed by atoms with Gasteiger partial charge in [0.1, 0.15) is 6.10 Å². The van der Waals surface area contributed by atoms with Crippen molar-refractivity contribution >= 4 is 5.97 Å². The highest BCUT2D eigenvalue weighted by Gasteiger charge is 2.08. The minimum Gasteiger partial charge on any atom is -0.464 e. The van der Waals surface area contributed by atoms with Crippen LogP contribution < -0.4 is 0 Å². The monoisotopic (exact) mass is 216 g/mol. The lowest BCUT2D eigenvalue weighted by atomic mass is 10.1. The summed E-state index contributed by atoms with van der Waals surface area (Å²) in [6, 6.07) is 0. The Kier molecular flexibility index (Phi) is 9.59. The Hall–Kier alpha value is -0.570. The van der Waals surface area contributed by atoms with Gasteiger partial charge in [-0.2, -0.15) is 0 Å². The second-order valence-electron chi connectivity index (χ2n) is 3.96. The summed E-state index contributed by atoms with van der Waals surface area (Å²) >= 11 is 0. The number of hydrogen-bond donors (Lipinski definition) is 1. The van der Waals surface area contributed by atoms with Gasteiger partial charge in [0.25, 0.3) is 0 Å². The first-order valence-corrected chi connectivity index (χ1v) is 6.03. The van der Waals surface area contributed by atoms with Gasteiger partial charge in [-0.15, -0.1) is 0 Å². The molecule has 0 radical (unpaired) electrons. The SMILES string of the molecule is CCCCCCCCCOC(=O)[C@@H](C)O. The number of ether oxygens (including phenoxy) is 1. The van der Waals surface area contributed by atoms with E-state index in [4.69, 9.17) is 9.84 Å². The third-order valence-corrected chi connectivity index (χ3v) is 2.33. The highest BCUT2D eigenvalue weighted by Crippen LogP contribution is 2.06. The van der Waals surface area contributed by atoms with Gasteiger partial charge in [-0.1, -0.05) is 45.4 Å². The predicted octanol–water partition coefficient (Wildman–Crippen LogP) is 2.66. The van der Waals surface area contributed by atoms with Crippen LogP contribution in [0.5, 0.6) is 0 Å². The summed E-state index contributed by atoms with van der Waals surface area (Å²) in [5.74, 6) is -0.513. The Bertz CT molecular complexity index is 155.